The Kier molecular flexibility index (Phi) is 2.89. The maximum absolute atomic E-state index is 14.5. The number of aromatic amines is 2. The predicted octanol–water partition coefficient (Wildman–Crippen LogP) is 2.64. The highest BCUT2D eigenvalue weighted by Gasteiger charge is 2.20. The van der Waals surface area contributed by atoms with E-state index in [1.165, 1.54) is 18.3 Å². The summed E-state index contributed by atoms with van der Waals surface area (Å²) in [6.45, 7) is 1.65. The van der Waals surface area contributed by atoms with Gasteiger partial charge < -0.3 is 10.7 Å². The number of rotatable bonds is 1. The minimum atomic E-state index is -0.630. The number of nitrogens with one attached hydrogen (secondary N) is 2. The van der Waals surface area contributed by atoms with Gasteiger partial charge in [0.2, 0.25) is 0 Å². The van der Waals surface area contributed by atoms with Gasteiger partial charge in [-0.15, -0.1) is 0 Å². The zero-order valence-electron chi connectivity index (χ0n) is 12.4. The summed E-state index contributed by atoms with van der Waals surface area (Å²) in [5, 5.41) is 6.91. The maximum Gasteiger partial charge on any atom is 0.272 e. The van der Waals surface area contributed by atoms with Crippen molar-refractivity contribution >= 4 is 27.5 Å². The molecule has 3 heterocycles. The molecule has 0 spiro atoms. The number of anilines is 1. The standard InChI is InChI=1S/C16H11F2N5O/c1-6-14-12(10(18)5-20-6)11(13(19)16(24)22-14)7-2-3-9(17)15-8(7)4-21-23-15/h2-5H,19H2,1H3,(H,21,23)(H,22,24). The summed E-state index contributed by atoms with van der Waals surface area (Å²) < 4.78 is 28.4. The molecule has 0 bridgehead atoms. The fourth-order valence-corrected chi connectivity index (χ4v) is 2.91. The van der Waals surface area contributed by atoms with Crippen molar-refractivity contribution < 1.29 is 8.78 Å². The first-order valence-corrected chi connectivity index (χ1v) is 7.07. The summed E-state index contributed by atoms with van der Waals surface area (Å²) in [6, 6.07) is 2.67. The third kappa shape index (κ3) is 1.82. The van der Waals surface area contributed by atoms with Gasteiger partial charge in [-0.3, -0.25) is 14.9 Å². The maximum atomic E-state index is 14.5. The summed E-state index contributed by atoms with van der Waals surface area (Å²) >= 11 is 0. The molecule has 0 aliphatic rings. The van der Waals surface area contributed by atoms with Gasteiger partial charge in [-0.1, -0.05) is 6.07 Å². The fraction of sp³-hybridized carbons (Fsp3) is 0.0625. The number of hydrogen-bond acceptors (Lipinski definition) is 4. The summed E-state index contributed by atoms with van der Waals surface area (Å²) in [5.74, 6) is -1.13. The number of halogens is 2. The van der Waals surface area contributed by atoms with E-state index in [1.807, 2.05) is 0 Å². The van der Waals surface area contributed by atoms with E-state index in [4.69, 9.17) is 5.73 Å². The Hall–Kier alpha value is -3.29. The number of benzene rings is 1. The van der Waals surface area contributed by atoms with E-state index < -0.39 is 17.2 Å². The number of fused-ring (bicyclic) bond motifs is 2. The molecule has 0 atom stereocenters. The number of nitrogens with zero attached hydrogens (tertiary/aromatic N) is 2. The lowest BCUT2D eigenvalue weighted by Crippen LogP contribution is -2.15. The quantitative estimate of drug-likeness (QED) is 0.500. The topological polar surface area (TPSA) is 100 Å². The van der Waals surface area contributed by atoms with Gasteiger partial charge in [0.25, 0.3) is 5.56 Å². The van der Waals surface area contributed by atoms with Gasteiger partial charge >= 0.3 is 0 Å². The molecular weight excluding hydrogens is 316 g/mol. The van der Waals surface area contributed by atoms with Crippen molar-refractivity contribution in [1.82, 2.24) is 20.2 Å². The van der Waals surface area contributed by atoms with Crippen molar-refractivity contribution in [2.75, 3.05) is 5.73 Å². The van der Waals surface area contributed by atoms with Crippen LogP contribution in [0.4, 0.5) is 14.5 Å². The van der Waals surface area contributed by atoms with E-state index >= 15 is 0 Å². The van der Waals surface area contributed by atoms with Crippen molar-refractivity contribution in [3.63, 3.8) is 0 Å². The molecule has 1 aromatic carbocycles. The molecule has 0 aliphatic carbocycles. The molecule has 6 nitrogen and oxygen atoms in total. The second-order valence-electron chi connectivity index (χ2n) is 5.44. The Morgan fingerprint density at radius 3 is 2.71 bits per heavy atom. The first-order chi connectivity index (χ1) is 11.5. The molecule has 0 unspecified atom stereocenters. The lowest BCUT2D eigenvalue weighted by Gasteiger charge is -2.12. The molecule has 120 valence electrons. The summed E-state index contributed by atoms with van der Waals surface area (Å²) in [7, 11) is 0. The zero-order chi connectivity index (χ0) is 17.0. The van der Waals surface area contributed by atoms with E-state index in [9.17, 15) is 13.6 Å². The highest BCUT2D eigenvalue weighted by atomic mass is 19.1. The second kappa shape index (κ2) is 4.85. The van der Waals surface area contributed by atoms with Crippen LogP contribution in [-0.2, 0) is 0 Å². The van der Waals surface area contributed by atoms with Crippen LogP contribution in [0.1, 0.15) is 5.69 Å². The predicted molar refractivity (Wildman–Crippen MR) is 86.5 cm³/mol. The van der Waals surface area contributed by atoms with Crippen LogP contribution in [-0.4, -0.2) is 20.2 Å². The SMILES string of the molecule is Cc1ncc(F)c2c(-c3ccc(F)c4[nH]ncc34)c(N)c(=O)[nH]c12. The largest absolute Gasteiger partial charge is 0.394 e. The van der Waals surface area contributed by atoms with Gasteiger partial charge in [0.15, 0.2) is 5.82 Å². The second-order valence-corrected chi connectivity index (χ2v) is 5.44. The van der Waals surface area contributed by atoms with Gasteiger partial charge in [0.1, 0.15) is 17.0 Å². The van der Waals surface area contributed by atoms with Crippen LogP contribution in [0.3, 0.4) is 0 Å². The van der Waals surface area contributed by atoms with Gasteiger partial charge in [0.05, 0.1) is 23.6 Å². The molecule has 4 N–H and O–H groups in total. The minimum Gasteiger partial charge on any atom is -0.394 e. The number of H-pyrrole nitrogens is 2. The third-order valence-corrected chi connectivity index (χ3v) is 4.06. The van der Waals surface area contributed by atoms with Gasteiger partial charge in [-0.05, 0) is 18.6 Å². The zero-order valence-corrected chi connectivity index (χ0v) is 12.4. The molecule has 0 amide bonds. The number of aromatic nitrogens is 4. The Bertz CT molecular complexity index is 1180. The molecule has 0 radical (unpaired) electrons. The highest BCUT2D eigenvalue weighted by molar-refractivity contribution is 6.08. The highest BCUT2D eigenvalue weighted by Crippen LogP contribution is 2.37. The Morgan fingerprint density at radius 2 is 1.92 bits per heavy atom. The van der Waals surface area contributed by atoms with Crippen LogP contribution in [0.15, 0.2) is 29.3 Å². The summed E-state index contributed by atoms with van der Waals surface area (Å²) in [6.07, 6.45) is 2.47. The van der Waals surface area contributed by atoms with Gasteiger partial charge in [0, 0.05) is 16.3 Å². The number of pyridine rings is 2. The first-order valence-electron chi connectivity index (χ1n) is 7.07. The molecule has 0 saturated carbocycles. The van der Waals surface area contributed by atoms with E-state index in [0.29, 0.717) is 16.6 Å². The Balaban J connectivity index is 2.27. The van der Waals surface area contributed by atoms with Crippen molar-refractivity contribution in [3.05, 3.63) is 52.2 Å². The van der Waals surface area contributed by atoms with Crippen LogP contribution < -0.4 is 11.3 Å². The average Bonchev–Trinajstić information content (AvgIpc) is 3.05. The number of aryl methyl sites for hydroxylation is 1. The Morgan fingerprint density at radius 1 is 1.12 bits per heavy atom. The van der Waals surface area contributed by atoms with Crippen LogP contribution in [0, 0.1) is 18.6 Å². The van der Waals surface area contributed by atoms with Crippen molar-refractivity contribution in [2.45, 2.75) is 6.92 Å². The van der Waals surface area contributed by atoms with E-state index in [1.54, 1.807) is 6.92 Å². The van der Waals surface area contributed by atoms with Crippen molar-refractivity contribution in [3.8, 4) is 11.1 Å². The van der Waals surface area contributed by atoms with Gasteiger partial charge in [-0.25, -0.2) is 8.78 Å². The molecule has 4 aromatic rings. The number of hydrogen-bond donors (Lipinski definition) is 3. The van der Waals surface area contributed by atoms with Crippen LogP contribution >= 0.6 is 0 Å². The van der Waals surface area contributed by atoms with E-state index in [-0.39, 0.29) is 27.7 Å². The van der Waals surface area contributed by atoms with E-state index in [2.05, 4.69) is 20.2 Å². The lowest BCUT2D eigenvalue weighted by molar-refractivity contribution is 0.633. The van der Waals surface area contributed by atoms with Crippen LogP contribution in [0.5, 0.6) is 0 Å². The minimum absolute atomic E-state index is 0.133. The molecule has 0 aliphatic heterocycles. The van der Waals surface area contributed by atoms with Crippen molar-refractivity contribution in [1.29, 1.82) is 0 Å². The summed E-state index contributed by atoms with van der Waals surface area (Å²) in [4.78, 5) is 18.7. The molecule has 3 aromatic heterocycles. The van der Waals surface area contributed by atoms with Gasteiger partial charge in [-0.2, -0.15) is 5.10 Å². The molecule has 0 fully saturated rings. The molecule has 24 heavy (non-hydrogen) atoms. The first kappa shape index (κ1) is 14.3. The monoisotopic (exact) mass is 327 g/mol. The molecular formula is C16H11F2N5O. The number of nitrogen functional groups attached to an aromatic ring is 1. The smallest absolute Gasteiger partial charge is 0.272 e. The third-order valence-electron chi connectivity index (χ3n) is 4.06. The average molecular weight is 327 g/mol. The van der Waals surface area contributed by atoms with E-state index in [0.717, 1.165) is 6.20 Å². The molecule has 4 rings (SSSR count). The van der Waals surface area contributed by atoms with Crippen LogP contribution in [0.25, 0.3) is 32.9 Å². The molecule has 8 heteroatoms. The molecule has 0 saturated heterocycles. The summed E-state index contributed by atoms with van der Waals surface area (Å²) in [5.41, 5.74) is 6.71. The van der Waals surface area contributed by atoms with Crippen molar-refractivity contribution in [2.24, 2.45) is 0 Å². The van der Waals surface area contributed by atoms with Crippen LogP contribution in [0.2, 0.25) is 0 Å². The lowest BCUT2D eigenvalue weighted by atomic mass is 9.96. The fourth-order valence-electron chi connectivity index (χ4n) is 2.91. The normalized spacial score (nSPS) is 11.5. The number of nitrogens with two attached hydrogens (primary N) is 1. The Labute approximate surface area is 133 Å².